The number of thiophene rings is 1. The largest absolute Gasteiger partial charge is 0.465 e. The van der Waals surface area contributed by atoms with Gasteiger partial charge in [-0.05, 0) is 67.2 Å². The molecule has 162 valence electrons. The van der Waals surface area contributed by atoms with Crippen molar-refractivity contribution in [2.45, 2.75) is 6.92 Å². The van der Waals surface area contributed by atoms with Crippen LogP contribution in [-0.2, 0) is 9.53 Å². The molecule has 32 heavy (non-hydrogen) atoms. The number of anilines is 1. The van der Waals surface area contributed by atoms with E-state index >= 15 is 0 Å². The smallest absolute Gasteiger partial charge is 0.348 e. The number of nitriles is 1. The van der Waals surface area contributed by atoms with E-state index in [1.54, 1.807) is 31.2 Å². The normalized spacial score (nSPS) is 10.6. The minimum absolute atomic E-state index is 0.0184. The number of nitrogens with zero attached hydrogens (tertiary/aromatic N) is 1. The van der Waals surface area contributed by atoms with Gasteiger partial charge in [-0.25, -0.2) is 4.79 Å². The molecule has 7 nitrogen and oxygen atoms in total. The molecule has 0 fully saturated rings. The van der Waals surface area contributed by atoms with Crippen LogP contribution in [0.2, 0.25) is 5.02 Å². The van der Waals surface area contributed by atoms with Crippen molar-refractivity contribution in [3.8, 4) is 17.4 Å². The molecule has 1 aromatic carbocycles. The molecule has 2 heterocycles. The van der Waals surface area contributed by atoms with E-state index < -0.39 is 11.9 Å². The molecule has 2 N–H and O–H groups in total. The molecule has 2 aromatic heterocycles. The third-order valence-corrected chi connectivity index (χ3v) is 5.89. The van der Waals surface area contributed by atoms with E-state index in [1.165, 1.54) is 19.3 Å². The van der Waals surface area contributed by atoms with Gasteiger partial charge in [-0.2, -0.15) is 5.26 Å². The fraction of sp³-hybridized carbons (Fsp3) is 0.0909. The number of ether oxygens (including phenoxy) is 1. The van der Waals surface area contributed by atoms with E-state index in [9.17, 15) is 14.9 Å². The molecule has 0 radical (unpaired) electrons. The predicted molar refractivity (Wildman–Crippen MR) is 128 cm³/mol. The number of hydrogen-bond donors (Lipinski definition) is 2. The highest BCUT2D eigenvalue weighted by Gasteiger charge is 2.21. The first-order chi connectivity index (χ1) is 15.3. The molecule has 1 amide bonds. The zero-order valence-electron chi connectivity index (χ0n) is 16.9. The number of rotatable bonds is 5. The maximum atomic E-state index is 12.2. The second-order valence-electron chi connectivity index (χ2n) is 6.35. The van der Waals surface area contributed by atoms with Gasteiger partial charge in [0.15, 0.2) is 5.11 Å². The molecule has 0 aliphatic rings. The van der Waals surface area contributed by atoms with Crippen molar-refractivity contribution in [1.29, 1.82) is 5.26 Å². The minimum Gasteiger partial charge on any atom is -0.465 e. The summed E-state index contributed by atoms with van der Waals surface area (Å²) in [6.07, 6.45) is 2.77. The molecule has 0 saturated carbocycles. The Balaban J connectivity index is 1.63. The van der Waals surface area contributed by atoms with Crippen molar-refractivity contribution < 1.29 is 18.7 Å². The van der Waals surface area contributed by atoms with E-state index in [0.717, 1.165) is 16.9 Å². The number of thiocarbonyl (C=S) groups is 1. The van der Waals surface area contributed by atoms with E-state index in [2.05, 4.69) is 10.6 Å². The topological polar surface area (TPSA) is 104 Å². The summed E-state index contributed by atoms with van der Waals surface area (Å²) in [5.74, 6) is 0.0723. The molecule has 10 heteroatoms. The Bertz CT molecular complexity index is 1250. The molecule has 0 aliphatic heterocycles. The van der Waals surface area contributed by atoms with E-state index in [-0.39, 0.29) is 15.6 Å². The highest BCUT2D eigenvalue weighted by atomic mass is 35.5. The van der Waals surface area contributed by atoms with Gasteiger partial charge < -0.3 is 14.5 Å². The van der Waals surface area contributed by atoms with Gasteiger partial charge in [0.1, 0.15) is 27.5 Å². The lowest BCUT2D eigenvalue weighted by Crippen LogP contribution is -2.32. The van der Waals surface area contributed by atoms with Crippen LogP contribution in [0, 0.1) is 18.3 Å². The van der Waals surface area contributed by atoms with Crippen LogP contribution >= 0.6 is 35.2 Å². The standard InChI is InChI=1S/C22H16ClN3O4S2/c1-12-16(11-24)20(32-19(12)21(28)29-2)26-22(31)25-18(27)10-8-15-7-9-17(30-15)13-3-5-14(23)6-4-13/h3-10H,1-2H3,(H2,25,26,27,31). The van der Waals surface area contributed by atoms with Crippen LogP contribution in [0.4, 0.5) is 5.00 Å². The molecule has 0 aliphatic carbocycles. The zero-order valence-corrected chi connectivity index (χ0v) is 19.3. The number of carbonyl (C=O) groups excluding carboxylic acids is 2. The number of hydrogen-bond acceptors (Lipinski definition) is 7. The van der Waals surface area contributed by atoms with Gasteiger partial charge in [0.05, 0.1) is 12.7 Å². The van der Waals surface area contributed by atoms with Gasteiger partial charge in [0.25, 0.3) is 0 Å². The molecular weight excluding hydrogens is 470 g/mol. The van der Waals surface area contributed by atoms with Gasteiger partial charge in [0, 0.05) is 16.7 Å². The Morgan fingerprint density at radius 2 is 1.97 bits per heavy atom. The summed E-state index contributed by atoms with van der Waals surface area (Å²) in [4.78, 5) is 24.3. The number of halogens is 1. The number of furan rings is 1. The van der Waals surface area contributed by atoms with Crippen molar-refractivity contribution in [1.82, 2.24) is 5.32 Å². The lowest BCUT2D eigenvalue weighted by atomic mass is 10.2. The second-order valence-corrected chi connectivity index (χ2v) is 8.21. The Kier molecular flexibility index (Phi) is 7.43. The first-order valence-electron chi connectivity index (χ1n) is 9.10. The predicted octanol–water partition coefficient (Wildman–Crippen LogP) is 5.15. The van der Waals surface area contributed by atoms with Crippen LogP contribution in [0.15, 0.2) is 46.9 Å². The monoisotopic (exact) mass is 485 g/mol. The Labute approximate surface area is 198 Å². The van der Waals surface area contributed by atoms with Crippen molar-refractivity contribution in [3.05, 3.63) is 69.3 Å². The van der Waals surface area contributed by atoms with E-state index in [1.807, 2.05) is 18.2 Å². The summed E-state index contributed by atoms with van der Waals surface area (Å²) < 4.78 is 10.4. The number of amides is 1. The fourth-order valence-electron chi connectivity index (χ4n) is 2.68. The van der Waals surface area contributed by atoms with E-state index in [0.29, 0.717) is 27.1 Å². The average molecular weight is 486 g/mol. The van der Waals surface area contributed by atoms with Gasteiger partial charge in [0.2, 0.25) is 5.91 Å². The zero-order chi connectivity index (χ0) is 23.3. The van der Waals surface area contributed by atoms with Crippen LogP contribution in [0.5, 0.6) is 0 Å². The van der Waals surface area contributed by atoms with Crippen molar-refractivity contribution in [3.63, 3.8) is 0 Å². The summed E-state index contributed by atoms with van der Waals surface area (Å²) in [6.45, 7) is 1.64. The lowest BCUT2D eigenvalue weighted by Gasteiger charge is -2.06. The number of esters is 1. The summed E-state index contributed by atoms with van der Waals surface area (Å²) >= 11 is 12.1. The number of nitrogens with one attached hydrogen (secondary N) is 2. The van der Waals surface area contributed by atoms with Crippen molar-refractivity contribution >= 4 is 63.2 Å². The van der Waals surface area contributed by atoms with Crippen LogP contribution < -0.4 is 10.6 Å². The maximum absolute atomic E-state index is 12.2. The number of benzene rings is 1. The molecule has 0 spiro atoms. The van der Waals surface area contributed by atoms with E-state index in [4.69, 9.17) is 33.0 Å². The average Bonchev–Trinajstić information content (AvgIpc) is 3.36. The number of carbonyl (C=O) groups is 2. The maximum Gasteiger partial charge on any atom is 0.348 e. The Hall–Kier alpha value is -3.45. The summed E-state index contributed by atoms with van der Waals surface area (Å²) in [5.41, 5.74) is 1.60. The van der Waals surface area contributed by atoms with Crippen LogP contribution in [0.1, 0.15) is 26.6 Å². The summed E-state index contributed by atoms with van der Waals surface area (Å²) in [5, 5.41) is 15.6. The van der Waals surface area contributed by atoms with Crippen molar-refractivity contribution in [2.75, 3.05) is 12.4 Å². The Morgan fingerprint density at radius 3 is 2.62 bits per heavy atom. The molecular formula is C22H16ClN3O4S2. The van der Waals surface area contributed by atoms with Crippen LogP contribution in [0.25, 0.3) is 17.4 Å². The second kappa shape index (κ2) is 10.2. The molecule has 0 unspecified atom stereocenters. The van der Waals surface area contributed by atoms with Gasteiger partial charge in [-0.15, -0.1) is 11.3 Å². The lowest BCUT2D eigenvalue weighted by molar-refractivity contribution is -0.115. The quantitative estimate of drug-likeness (QED) is 0.292. The number of methoxy groups -OCH3 is 1. The van der Waals surface area contributed by atoms with Gasteiger partial charge >= 0.3 is 5.97 Å². The molecule has 3 aromatic rings. The Morgan fingerprint density at radius 1 is 1.25 bits per heavy atom. The molecule has 0 bridgehead atoms. The SMILES string of the molecule is COC(=O)c1sc(NC(=S)NC(=O)C=Cc2ccc(-c3ccc(Cl)cc3)o2)c(C#N)c1C. The third kappa shape index (κ3) is 5.42. The highest BCUT2D eigenvalue weighted by Crippen LogP contribution is 2.33. The highest BCUT2D eigenvalue weighted by molar-refractivity contribution is 7.80. The van der Waals surface area contributed by atoms with Crippen LogP contribution in [0.3, 0.4) is 0 Å². The van der Waals surface area contributed by atoms with Crippen LogP contribution in [-0.4, -0.2) is 24.1 Å². The summed E-state index contributed by atoms with van der Waals surface area (Å²) in [6, 6.07) is 12.7. The third-order valence-electron chi connectivity index (χ3n) is 4.25. The molecule has 3 rings (SSSR count). The molecule has 0 saturated heterocycles. The molecule has 0 atom stereocenters. The van der Waals surface area contributed by atoms with Gasteiger partial charge in [-0.1, -0.05) is 11.6 Å². The van der Waals surface area contributed by atoms with Gasteiger partial charge in [-0.3, -0.25) is 10.1 Å². The first kappa shape index (κ1) is 23.2. The first-order valence-corrected chi connectivity index (χ1v) is 10.7. The summed E-state index contributed by atoms with van der Waals surface area (Å²) in [7, 11) is 1.26. The minimum atomic E-state index is -0.550. The van der Waals surface area contributed by atoms with Crippen molar-refractivity contribution in [2.24, 2.45) is 0 Å². The fourth-order valence-corrected chi connectivity index (χ4v) is 4.15.